The Kier molecular flexibility index (Phi) is 10.2. The highest BCUT2D eigenvalue weighted by Gasteiger charge is 2.23. The summed E-state index contributed by atoms with van der Waals surface area (Å²) in [4.78, 5) is 25.5. The average molecular weight is 433 g/mol. The van der Waals surface area contributed by atoms with E-state index in [9.17, 15) is 9.59 Å². The van der Waals surface area contributed by atoms with Gasteiger partial charge in [0.15, 0.2) is 0 Å². The summed E-state index contributed by atoms with van der Waals surface area (Å²) < 4.78 is 0. The Morgan fingerprint density at radius 2 is 1.55 bits per heavy atom. The molecule has 2 unspecified atom stereocenters. The Morgan fingerprint density at radius 1 is 1.00 bits per heavy atom. The van der Waals surface area contributed by atoms with Crippen LogP contribution in [0.1, 0.15) is 54.0 Å². The van der Waals surface area contributed by atoms with Crippen LogP contribution in [-0.2, 0) is 0 Å². The second-order valence-electron chi connectivity index (χ2n) is 7.92. The molecule has 2 heterocycles. The molecular formula is C23H36N4O4. The van der Waals surface area contributed by atoms with Crippen LogP contribution in [0.25, 0.3) is 0 Å². The van der Waals surface area contributed by atoms with Crippen molar-refractivity contribution in [2.24, 2.45) is 0 Å². The molecule has 172 valence electrons. The number of nitrogens with zero attached hydrogens (tertiary/aromatic N) is 2. The lowest BCUT2D eigenvalue weighted by Gasteiger charge is -2.38. The minimum Gasteiger partial charge on any atom is -0.478 e. The van der Waals surface area contributed by atoms with E-state index in [4.69, 9.17) is 10.2 Å². The molecule has 0 saturated heterocycles. The van der Waals surface area contributed by atoms with Gasteiger partial charge in [-0.15, -0.1) is 0 Å². The monoisotopic (exact) mass is 432 g/mol. The van der Waals surface area contributed by atoms with Crippen LogP contribution >= 0.6 is 0 Å². The Labute approximate surface area is 185 Å². The predicted octanol–water partition coefficient (Wildman–Crippen LogP) is 2.93. The average Bonchev–Trinajstić information content (AvgIpc) is 2.72. The first-order valence-corrected chi connectivity index (χ1v) is 10.3. The van der Waals surface area contributed by atoms with E-state index in [1.807, 2.05) is 7.05 Å². The number of allylic oxidation sites excluding steroid dienone is 1. The highest BCUT2D eigenvalue weighted by molar-refractivity contribution is 5.94. The number of aryl methyl sites for hydroxylation is 1. The van der Waals surface area contributed by atoms with E-state index in [1.54, 1.807) is 6.92 Å². The van der Waals surface area contributed by atoms with Crippen molar-refractivity contribution >= 4 is 11.9 Å². The number of rotatable bonds is 2. The van der Waals surface area contributed by atoms with Gasteiger partial charge in [-0.05, 0) is 77.2 Å². The van der Waals surface area contributed by atoms with Gasteiger partial charge < -0.3 is 20.4 Å². The maximum atomic E-state index is 10.5. The predicted molar refractivity (Wildman–Crippen MR) is 123 cm³/mol. The van der Waals surface area contributed by atoms with E-state index < -0.39 is 11.9 Å². The third kappa shape index (κ3) is 8.43. The van der Waals surface area contributed by atoms with Crippen LogP contribution in [0.4, 0.5) is 0 Å². The van der Waals surface area contributed by atoms with Crippen molar-refractivity contribution in [1.82, 2.24) is 20.4 Å². The fourth-order valence-corrected chi connectivity index (χ4v) is 3.12. The maximum Gasteiger partial charge on any atom is 0.335 e. The lowest BCUT2D eigenvalue weighted by Crippen LogP contribution is -2.50. The summed E-state index contributed by atoms with van der Waals surface area (Å²) in [6.07, 6.45) is 4.65. The molecule has 2 atom stereocenters. The van der Waals surface area contributed by atoms with Gasteiger partial charge in [-0.1, -0.05) is 6.08 Å². The van der Waals surface area contributed by atoms with E-state index in [0.29, 0.717) is 17.8 Å². The summed E-state index contributed by atoms with van der Waals surface area (Å²) in [5.74, 6) is -2.24. The molecular weight excluding hydrogens is 396 g/mol. The molecule has 0 bridgehead atoms. The highest BCUT2D eigenvalue weighted by Crippen LogP contribution is 2.18. The highest BCUT2D eigenvalue weighted by atomic mass is 16.4. The maximum absolute atomic E-state index is 10.5. The number of carboxylic acid groups (broad SMARTS) is 2. The molecule has 3 rings (SSSR count). The Hall–Kier alpha value is -2.84. The minimum absolute atomic E-state index is 0.00241. The van der Waals surface area contributed by atoms with E-state index in [0.717, 1.165) is 19.3 Å². The van der Waals surface area contributed by atoms with E-state index in [2.05, 4.69) is 67.5 Å². The summed E-state index contributed by atoms with van der Waals surface area (Å²) in [7, 11) is 4.20. The first kappa shape index (κ1) is 26.2. The van der Waals surface area contributed by atoms with Crippen molar-refractivity contribution in [3.63, 3.8) is 0 Å². The van der Waals surface area contributed by atoms with Gasteiger partial charge in [0.2, 0.25) is 0 Å². The van der Waals surface area contributed by atoms with Crippen LogP contribution < -0.4 is 10.6 Å². The van der Waals surface area contributed by atoms with Gasteiger partial charge in [0.05, 0.1) is 24.0 Å². The molecule has 8 nitrogen and oxygen atoms in total. The summed E-state index contributed by atoms with van der Waals surface area (Å²) in [5.41, 5.74) is 3.40. The zero-order valence-electron chi connectivity index (χ0n) is 19.6. The normalized spacial score (nSPS) is 20.7. The Morgan fingerprint density at radius 3 is 1.94 bits per heavy atom. The largest absolute Gasteiger partial charge is 0.478 e. The van der Waals surface area contributed by atoms with Gasteiger partial charge in [-0.2, -0.15) is 0 Å². The third-order valence-corrected chi connectivity index (χ3v) is 5.42. The molecule has 0 spiro atoms. The number of benzene rings is 1. The van der Waals surface area contributed by atoms with Crippen LogP contribution in [-0.4, -0.2) is 71.5 Å². The quantitative estimate of drug-likeness (QED) is 0.565. The summed E-state index contributed by atoms with van der Waals surface area (Å²) in [6.45, 7) is 12.4. The number of hydrogen-bond acceptors (Lipinski definition) is 6. The number of carbonyl (C=O) groups is 2. The molecule has 4 N–H and O–H groups in total. The molecule has 1 aromatic carbocycles. The van der Waals surface area contributed by atoms with Crippen molar-refractivity contribution in [2.45, 2.75) is 46.8 Å². The van der Waals surface area contributed by atoms with Gasteiger partial charge in [0, 0.05) is 25.3 Å². The first-order chi connectivity index (χ1) is 14.4. The lowest BCUT2D eigenvalue weighted by molar-refractivity contribution is 0.0696. The topological polar surface area (TPSA) is 105 Å². The number of aromatic carboxylic acids is 2. The van der Waals surface area contributed by atoms with Crippen LogP contribution in [0.3, 0.4) is 0 Å². The van der Waals surface area contributed by atoms with Crippen LogP contribution in [0.5, 0.6) is 0 Å². The summed E-state index contributed by atoms with van der Waals surface area (Å²) in [6, 6.07) is 4.56. The fourth-order valence-electron chi connectivity index (χ4n) is 3.12. The molecule has 2 aliphatic rings. The molecule has 0 saturated carbocycles. The molecule has 0 aliphatic carbocycles. The number of hydrogen-bond donors (Lipinski definition) is 4. The van der Waals surface area contributed by atoms with Crippen molar-refractivity contribution in [3.8, 4) is 0 Å². The molecule has 1 aromatic rings. The molecule has 31 heavy (non-hydrogen) atoms. The standard InChI is InChI=1S/C9H18N2.C9H8O4.C5H10N2/c1-6-7(2)10-9(4)11(5)8(6)3;1-5-2-6(8(10)11)4-7(3-5)9(12)13;1-7-4-2-3-6-5-7/h8-10H,1-5H3;2-4H,1H3,(H,10,11)(H,12,13);2,4,6H,3,5H2,1H3. The first-order valence-electron chi connectivity index (χ1n) is 10.3. The zero-order valence-corrected chi connectivity index (χ0v) is 19.6. The van der Waals surface area contributed by atoms with Gasteiger partial charge >= 0.3 is 11.9 Å². The second kappa shape index (κ2) is 12.1. The number of likely N-dealkylation sites (N-methyl/N-ethyl adjacent to an activating group) is 1. The molecule has 0 fully saturated rings. The van der Waals surface area contributed by atoms with Crippen LogP contribution in [0, 0.1) is 6.92 Å². The van der Waals surface area contributed by atoms with E-state index >= 15 is 0 Å². The Bertz CT molecular complexity index is 803. The van der Waals surface area contributed by atoms with Gasteiger partial charge in [0.1, 0.15) is 0 Å². The van der Waals surface area contributed by atoms with Gasteiger partial charge in [0.25, 0.3) is 0 Å². The smallest absolute Gasteiger partial charge is 0.335 e. The zero-order chi connectivity index (χ0) is 23.7. The lowest BCUT2D eigenvalue weighted by atomic mass is 10.0. The third-order valence-electron chi connectivity index (χ3n) is 5.42. The number of nitrogens with one attached hydrogen (secondary N) is 2. The number of carboxylic acids is 2. The molecule has 8 heteroatoms. The van der Waals surface area contributed by atoms with E-state index in [-0.39, 0.29) is 11.1 Å². The van der Waals surface area contributed by atoms with Crippen molar-refractivity contribution < 1.29 is 19.8 Å². The molecule has 0 amide bonds. The molecule has 2 aliphatic heterocycles. The fraction of sp³-hybridized carbons (Fsp3) is 0.478. The molecule has 0 radical (unpaired) electrons. The van der Waals surface area contributed by atoms with Crippen LogP contribution in [0.15, 0.2) is 41.7 Å². The van der Waals surface area contributed by atoms with Crippen molar-refractivity contribution in [3.05, 3.63) is 58.4 Å². The summed E-state index contributed by atoms with van der Waals surface area (Å²) >= 11 is 0. The van der Waals surface area contributed by atoms with Crippen molar-refractivity contribution in [2.75, 3.05) is 27.3 Å². The SMILES string of the molecule is CC1=C(C)C(C)N(C)C(C)N1.CN1C=CCNC1.Cc1cc(C(=O)O)cc(C(=O)O)c1. The van der Waals surface area contributed by atoms with Gasteiger partial charge in [-0.25, -0.2) is 9.59 Å². The minimum atomic E-state index is -1.12. The van der Waals surface area contributed by atoms with Gasteiger partial charge in [-0.3, -0.25) is 10.2 Å². The van der Waals surface area contributed by atoms with E-state index in [1.165, 1.54) is 23.4 Å². The van der Waals surface area contributed by atoms with Crippen molar-refractivity contribution in [1.29, 1.82) is 0 Å². The second-order valence-corrected chi connectivity index (χ2v) is 7.92. The molecule has 0 aromatic heterocycles. The van der Waals surface area contributed by atoms with Crippen LogP contribution in [0.2, 0.25) is 0 Å². The summed E-state index contributed by atoms with van der Waals surface area (Å²) in [5, 5.41) is 23.8. The Balaban J connectivity index is 0.000000242.